The van der Waals surface area contributed by atoms with Gasteiger partial charge in [0, 0.05) is 47.4 Å². The van der Waals surface area contributed by atoms with E-state index in [0.717, 1.165) is 17.2 Å². The molecule has 1 aliphatic carbocycles. The molecule has 2 aliphatic rings. The molecule has 0 radical (unpaired) electrons. The first-order chi connectivity index (χ1) is 13.5. The zero-order valence-electron chi connectivity index (χ0n) is 16.0. The number of halogens is 2. The number of piperazine rings is 1. The molecule has 6 heteroatoms. The van der Waals surface area contributed by atoms with Crippen LogP contribution in [0.2, 0.25) is 5.02 Å². The quantitative estimate of drug-likeness (QED) is 0.619. The van der Waals surface area contributed by atoms with Gasteiger partial charge in [0.1, 0.15) is 5.82 Å². The molecule has 1 amide bonds. The zero-order valence-corrected chi connectivity index (χ0v) is 17.5. The molecule has 0 spiro atoms. The second kappa shape index (κ2) is 8.34. The highest BCUT2D eigenvalue weighted by molar-refractivity contribution is 7.99. The summed E-state index contributed by atoms with van der Waals surface area (Å²) < 4.78 is 14.6. The van der Waals surface area contributed by atoms with Crippen molar-refractivity contribution in [1.29, 1.82) is 0 Å². The van der Waals surface area contributed by atoms with Gasteiger partial charge in [-0.1, -0.05) is 11.6 Å². The Balaban J connectivity index is 1.42. The fourth-order valence-corrected chi connectivity index (χ4v) is 4.81. The van der Waals surface area contributed by atoms with Gasteiger partial charge in [-0.2, -0.15) is 0 Å². The smallest absolute Gasteiger partial charge is 0.253 e. The molecule has 1 heterocycles. The van der Waals surface area contributed by atoms with Gasteiger partial charge in [0.05, 0.1) is 5.69 Å². The van der Waals surface area contributed by atoms with Crippen LogP contribution in [-0.2, 0) is 0 Å². The van der Waals surface area contributed by atoms with Crippen LogP contribution in [0.4, 0.5) is 10.1 Å². The predicted molar refractivity (Wildman–Crippen MR) is 114 cm³/mol. The first kappa shape index (κ1) is 19.6. The minimum absolute atomic E-state index is 0.00127. The molecular formula is C22H24ClFN2OS. The van der Waals surface area contributed by atoms with E-state index in [2.05, 4.69) is 4.90 Å². The topological polar surface area (TPSA) is 23.6 Å². The van der Waals surface area contributed by atoms with Gasteiger partial charge in [-0.15, -0.1) is 11.8 Å². The van der Waals surface area contributed by atoms with Crippen molar-refractivity contribution in [3.8, 4) is 0 Å². The molecule has 148 valence electrons. The Kier molecular flexibility index (Phi) is 5.83. The number of anilines is 1. The molecule has 1 saturated heterocycles. The van der Waals surface area contributed by atoms with Gasteiger partial charge in [-0.3, -0.25) is 4.79 Å². The van der Waals surface area contributed by atoms with Crippen molar-refractivity contribution in [3.63, 3.8) is 0 Å². The van der Waals surface area contributed by atoms with Crippen LogP contribution >= 0.6 is 23.4 Å². The van der Waals surface area contributed by atoms with Crippen molar-refractivity contribution in [2.75, 3.05) is 36.8 Å². The Morgan fingerprint density at radius 3 is 2.46 bits per heavy atom. The van der Waals surface area contributed by atoms with E-state index in [4.69, 9.17) is 11.6 Å². The van der Waals surface area contributed by atoms with Gasteiger partial charge in [0.25, 0.3) is 5.91 Å². The number of carbonyl (C=O) groups is 1. The molecule has 2 fully saturated rings. The maximum atomic E-state index is 14.6. The second-order valence-corrected chi connectivity index (χ2v) is 9.11. The second-order valence-electron chi connectivity index (χ2n) is 7.61. The van der Waals surface area contributed by atoms with Crippen LogP contribution in [0.5, 0.6) is 0 Å². The average Bonchev–Trinajstić information content (AvgIpc) is 3.52. The van der Waals surface area contributed by atoms with Crippen LogP contribution < -0.4 is 4.90 Å². The van der Waals surface area contributed by atoms with Crippen molar-refractivity contribution in [3.05, 3.63) is 58.4 Å². The van der Waals surface area contributed by atoms with E-state index >= 15 is 0 Å². The molecular weight excluding hydrogens is 395 g/mol. The summed E-state index contributed by atoms with van der Waals surface area (Å²) in [6.45, 7) is 4.40. The minimum atomic E-state index is -0.175. The van der Waals surface area contributed by atoms with E-state index < -0.39 is 0 Å². The molecule has 28 heavy (non-hydrogen) atoms. The van der Waals surface area contributed by atoms with Crippen LogP contribution in [0.1, 0.15) is 28.8 Å². The van der Waals surface area contributed by atoms with Gasteiger partial charge in [0.2, 0.25) is 0 Å². The summed E-state index contributed by atoms with van der Waals surface area (Å²) in [6, 6.07) is 10.6. The Labute approximate surface area is 174 Å². The lowest BCUT2D eigenvalue weighted by Gasteiger charge is -2.36. The molecule has 0 unspecified atom stereocenters. The Hall–Kier alpha value is -1.72. The van der Waals surface area contributed by atoms with Crippen molar-refractivity contribution < 1.29 is 9.18 Å². The van der Waals surface area contributed by atoms with Gasteiger partial charge in [-0.25, -0.2) is 4.39 Å². The third-order valence-corrected chi connectivity index (χ3v) is 7.06. The summed E-state index contributed by atoms with van der Waals surface area (Å²) >= 11 is 7.74. The number of hydrogen-bond acceptors (Lipinski definition) is 3. The summed E-state index contributed by atoms with van der Waals surface area (Å²) in [4.78, 5) is 17.7. The molecule has 4 rings (SSSR count). The number of aryl methyl sites for hydroxylation is 1. The highest BCUT2D eigenvalue weighted by Gasteiger charge is 2.25. The highest BCUT2D eigenvalue weighted by Crippen LogP contribution is 2.38. The van der Waals surface area contributed by atoms with E-state index in [1.165, 1.54) is 17.7 Å². The van der Waals surface area contributed by atoms with Crippen LogP contribution in [0.3, 0.4) is 0 Å². The SMILES string of the molecule is Cc1cc(F)c(N2CCN(C(=O)c3ccc(Cl)cc3)CC2)cc1SCC1CC1. The molecule has 0 aromatic heterocycles. The van der Waals surface area contributed by atoms with Gasteiger partial charge in [0.15, 0.2) is 0 Å². The number of rotatable bonds is 5. The highest BCUT2D eigenvalue weighted by atomic mass is 35.5. The molecule has 1 saturated carbocycles. The number of carbonyl (C=O) groups excluding carboxylic acids is 1. The first-order valence-electron chi connectivity index (χ1n) is 9.74. The van der Waals surface area contributed by atoms with Crippen LogP contribution in [0.25, 0.3) is 0 Å². The largest absolute Gasteiger partial charge is 0.366 e. The lowest BCUT2D eigenvalue weighted by atomic mass is 10.1. The minimum Gasteiger partial charge on any atom is -0.366 e. The maximum absolute atomic E-state index is 14.6. The number of nitrogens with zero attached hydrogens (tertiary/aromatic N) is 2. The fraction of sp³-hybridized carbons (Fsp3) is 0.409. The van der Waals surface area contributed by atoms with Crippen LogP contribution in [0, 0.1) is 18.7 Å². The van der Waals surface area contributed by atoms with E-state index in [1.807, 2.05) is 29.7 Å². The number of thioether (sulfide) groups is 1. The van der Waals surface area contributed by atoms with E-state index in [0.29, 0.717) is 42.5 Å². The third-order valence-electron chi connectivity index (χ3n) is 5.41. The Morgan fingerprint density at radius 2 is 1.82 bits per heavy atom. The molecule has 0 bridgehead atoms. The summed E-state index contributed by atoms with van der Waals surface area (Å²) in [7, 11) is 0. The first-order valence-corrected chi connectivity index (χ1v) is 11.1. The molecule has 1 aliphatic heterocycles. The number of hydrogen-bond donors (Lipinski definition) is 0. The van der Waals surface area contributed by atoms with E-state index in [9.17, 15) is 9.18 Å². The molecule has 0 N–H and O–H groups in total. The van der Waals surface area contributed by atoms with Crippen molar-refractivity contribution >= 4 is 35.0 Å². The van der Waals surface area contributed by atoms with Crippen molar-refractivity contribution in [2.45, 2.75) is 24.7 Å². The van der Waals surface area contributed by atoms with Crippen LogP contribution in [-0.4, -0.2) is 42.7 Å². The normalized spacial score (nSPS) is 17.1. The zero-order chi connectivity index (χ0) is 19.7. The van der Waals surface area contributed by atoms with E-state index in [-0.39, 0.29) is 11.7 Å². The number of benzene rings is 2. The summed E-state index contributed by atoms with van der Waals surface area (Å²) in [5, 5.41) is 0.617. The predicted octanol–water partition coefficient (Wildman–Crippen LogP) is 5.25. The van der Waals surface area contributed by atoms with Gasteiger partial charge in [-0.05, 0) is 67.6 Å². The maximum Gasteiger partial charge on any atom is 0.253 e. The summed E-state index contributed by atoms with van der Waals surface area (Å²) in [5.74, 6) is 1.78. The fourth-order valence-electron chi connectivity index (χ4n) is 3.46. The van der Waals surface area contributed by atoms with Gasteiger partial charge >= 0.3 is 0 Å². The van der Waals surface area contributed by atoms with Crippen LogP contribution in [0.15, 0.2) is 41.3 Å². The average molecular weight is 419 g/mol. The third kappa shape index (κ3) is 4.47. The van der Waals surface area contributed by atoms with Crippen molar-refractivity contribution in [1.82, 2.24) is 4.90 Å². The molecule has 2 aromatic rings. The standard InChI is InChI=1S/C22H24ClFN2OS/c1-15-12-19(24)20(13-21(15)28-14-16-2-3-16)25-8-10-26(11-9-25)22(27)17-4-6-18(23)7-5-17/h4-7,12-13,16H,2-3,8-11,14H2,1H3. The lowest BCUT2D eigenvalue weighted by molar-refractivity contribution is 0.0746. The van der Waals surface area contributed by atoms with Crippen molar-refractivity contribution in [2.24, 2.45) is 5.92 Å². The summed E-state index contributed by atoms with van der Waals surface area (Å²) in [5.41, 5.74) is 2.30. The Morgan fingerprint density at radius 1 is 1.14 bits per heavy atom. The molecule has 0 atom stereocenters. The molecule has 3 nitrogen and oxygen atoms in total. The summed E-state index contributed by atoms with van der Waals surface area (Å²) in [6.07, 6.45) is 2.65. The van der Waals surface area contributed by atoms with Gasteiger partial charge < -0.3 is 9.80 Å². The monoisotopic (exact) mass is 418 g/mol. The Bertz CT molecular complexity index is 862. The lowest BCUT2D eigenvalue weighted by Crippen LogP contribution is -2.49. The number of amides is 1. The molecule has 2 aromatic carbocycles. The van der Waals surface area contributed by atoms with E-state index in [1.54, 1.807) is 30.3 Å².